The van der Waals surface area contributed by atoms with Crippen LogP contribution in [0, 0.1) is 0 Å². The molecular weight excluding hydrogens is 236 g/mol. The minimum atomic E-state index is 0.215. The predicted octanol–water partition coefficient (Wildman–Crippen LogP) is 3.80. The molecule has 2 rings (SSSR count). The van der Waals surface area contributed by atoms with Gasteiger partial charge in [-0.3, -0.25) is 0 Å². The van der Waals surface area contributed by atoms with Crippen LogP contribution in [-0.4, -0.2) is 12.0 Å². The lowest BCUT2D eigenvalue weighted by molar-refractivity contribution is 0.573. The van der Waals surface area contributed by atoms with Gasteiger partial charge in [-0.15, -0.1) is 0 Å². The summed E-state index contributed by atoms with van der Waals surface area (Å²) in [5, 5.41) is 2.89. The zero-order valence-corrected chi connectivity index (χ0v) is 12.2. The molecule has 1 heterocycles. The van der Waals surface area contributed by atoms with Crippen LogP contribution in [0.2, 0.25) is 0 Å². The van der Waals surface area contributed by atoms with E-state index in [0.717, 1.165) is 18.5 Å². The van der Waals surface area contributed by atoms with E-state index in [4.69, 9.17) is 4.42 Å². The fraction of sp³-hybridized carbons (Fsp3) is 0.438. The third kappa shape index (κ3) is 3.60. The Morgan fingerprint density at radius 3 is 2.32 bits per heavy atom. The van der Waals surface area contributed by atoms with Gasteiger partial charge >= 0.3 is 0 Å². The highest BCUT2D eigenvalue weighted by atomic mass is 16.4. The van der Waals surface area contributed by atoms with E-state index in [9.17, 15) is 0 Å². The van der Waals surface area contributed by atoms with E-state index in [1.165, 1.54) is 11.1 Å². The summed E-state index contributed by atoms with van der Waals surface area (Å²) >= 11 is 0. The summed E-state index contributed by atoms with van der Waals surface area (Å²) < 4.78 is 5.24. The van der Waals surface area contributed by atoms with Crippen molar-refractivity contribution in [1.29, 1.82) is 0 Å². The first-order valence-electron chi connectivity index (χ1n) is 6.70. The number of oxazole rings is 1. The van der Waals surface area contributed by atoms with Crippen molar-refractivity contribution < 1.29 is 4.42 Å². The molecule has 0 saturated heterocycles. The van der Waals surface area contributed by atoms with E-state index in [0.29, 0.717) is 6.01 Å². The van der Waals surface area contributed by atoms with E-state index in [1.54, 1.807) is 13.3 Å². The van der Waals surface area contributed by atoms with Crippen LogP contribution in [0.4, 0.5) is 6.01 Å². The topological polar surface area (TPSA) is 38.1 Å². The average Bonchev–Trinajstić information content (AvgIpc) is 2.84. The number of rotatable bonds is 4. The molecule has 0 radical (unpaired) electrons. The highest BCUT2D eigenvalue weighted by Crippen LogP contribution is 2.22. The Balaban J connectivity index is 1.96. The minimum absolute atomic E-state index is 0.215. The van der Waals surface area contributed by atoms with Crippen LogP contribution in [0.1, 0.15) is 37.6 Å². The molecule has 0 fully saturated rings. The molecule has 3 heteroatoms. The minimum Gasteiger partial charge on any atom is -0.432 e. The third-order valence-corrected chi connectivity index (χ3v) is 3.26. The molecule has 3 nitrogen and oxygen atoms in total. The largest absolute Gasteiger partial charge is 0.432 e. The maximum absolute atomic E-state index is 5.24. The number of nitrogens with zero attached hydrogens (tertiary/aromatic N) is 1. The lowest BCUT2D eigenvalue weighted by Gasteiger charge is -2.19. The smallest absolute Gasteiger partial charge is 0.294 e. The molecule has 1 aromatic heterocycles. The van der Waals surface area contributed by atoms with Gasteiger partial charge in [-0.1, -0.05) is 45.0 Å². The van der Waals surface area contributed by atoms with E-state index in [1.807, 2.05) is 0 Å². The third-order valence-electron chi connectivity index (χ3n) is 3.26. The summed E-state index contributed by atoms with van der Waals surface area (Å²) in [6.07, 6.45) is 3.61. The van der Waals surface area contributed by atoms with Gasteiger partial charge < -0.3 is 9.73 Å². The SMILES string of the molecule is CNc1nc(CCc2ccc(C(C)(C)C)cc2)co1. The zero-order valence-electron chi connectivity index (χ0n) is 12.2. The van der Waals surface area contributed by atoms with Gasteiger partial charge in [0.25, 0.3) is 6.01 Å². The Labute approximate surface area is 115 Å². The van der Waals surface area contributed by atoms with Crippen LogP contribution in [0.15, 0.2) is 34.9 Å². The standard InChI is InChI=1S/C16H22N2O/c1-16(2,3)13-8-5-12(6-9-13)7-10-14-11-19-15(17-4)18-14/h5-6,8-9,11H,7,10H2,1-4H3,(H,17,18). The van der Waals surface area contributed by atoms with Crippen molar-refractivity contribution in [2.75, 3.05) is 12.4 Å². The van der Waals surface area contributed by atoms with Crippen molar-refractivity contribution in [2.45, 2.75) is 39.0 Å². The number of nitrogens with one attached hydrogen (secondary N) is 1. The van der Waals surface area contributed by atoms with Gasteiger partial charge in [0.05, 0.1) is 5.69 Å². The molecule has 1 N–H and O–H groups in total. The van der Waals surface area contributed by atoms with E-state index in [2.05, 4.69) is 55.3 Å². The van der Waals surface area contributed by atoms with Gasteiger partial charge in [-0.2, -0.15) is 4.98 Å². The van der Waals surface area contributed by atoms with Crippen LogP contribution in [0.25, 0.3) is 0 Å². The molecule has 2 aromatic rings. The second kappa shape index (κ2) is 5.47. The molecule has 0 amide bonds. The lowest BCUT2D eigenvalue weighted by atomic mass is 9.86. The van der Waals surface area contributed by atoms with Gasteiger partial charge in [-0.05, 0) is 29.4 Å². The number of hydrogen-bond acceptors (Lipinski definition) is 3. The first-order valence-corrected chi connectivity index (χ1v) is 6.70. The van der Waals surface area contributed by atoms with Crippen LogP contribution < -0.4 is 5.32 Å². The Bertz CT molecular complexity index is 520. The second-order valence-electron chi connectivity index (χ2n) is 5.84. The summed E-state index contributed by atoms with van der Waals surface area (Å²) in [6.45, 7) is 6.70. The summed E-state index contributed by atoms with van der Waals surface area (Å²) in [6, 6.07) is 9.44. The number of aromatic nitrogens is 1. The highest BCUT2D eigenvalue weighted by molar-refractivity contribution is 5.28. The normalized spacial score (nSPS) is 11.6. The maximum atomic E-state index is 5.24. The number of anilines is 1. The second-order valence-corrected chi connectivity index (χ2v) is 5.84. The van der Waals surface area contributed by atoms with Crippen molar-refractivity contribution in [3.05, 3.63) is 47.3 Å². The number of hydrogen-bond donors (Lipinski definition) is 1. The quantitative estimate of drug-likeness (QED) is 0.906. The van der Waals surface area contributed by atoms with Gasteiger partial charge in [0.2, 0.25) is 0 Å². The van der Waals surface area contributed by atoms with Crippen molar-refractivity contribution in [2.24, 2.45) is 0 Å². The molecular formula is C16H22N2O. The summed E-state index contributed by atoms with van der Waals surface area (Å²) in [7, 11) is 1.81. The Morgan fingerprint density at radius 2 is 1.79 bits per heavy atom. The number of aryl methyl sites for hydroxylation is 2. The molecule has 0 atom stereocenters. The summed E-state index contributed by atoms with van der Waals surface area (Å²) in [4.78, 5) is 4.32. The van der Waals surface area contributed by atoms with Crippen molar-refractivity contribution >= 4 is 6.01 Å². The van der Waals surface area contributed by atoms with Gasteiger partial charge in [0.15, 0.2) is 0 Å². The maximum Gasteiger partial charge on any atom is 0.294 e. The van der Waals surface area contributed by atoms with Gasteiger partial charge in [0.1, 0.15) is 6.26 Å². The summed E-state index contributed by atoms with van der Waals surface area (Å²) in [5.74, 6) is 0. The Morgan fingerprint density at radius 1 is 1.11 bits per heavy atom. The Hall–Kier alpha value is -1.77. The number of benzene rings is 1. The highest BCUT2D eigenvalue weighted by Gasteiger charge is 2.12. The average molecular weight is 258 g/mol. The first kappa shape index (κ1) is 13.7. The van der Waals surface area contributed by atoms with Crippen molar-refractivity contribution in [1.82, 2.24) is 4.98 Å². The van der Waals surface area contributed by atoms with E-state index in [-0.39, 0.29) is 5.41 Å². The van der Waals surface area contributed by atoms with Crippen LogP contribution >= 0.6 is 0 Å². The van der Waals surface area contributed by atoms with Gasteiger partial charge in [0, 0.05) is 7.05 Å². The Kier molecular flexibility index (Phi) is 3.93. The molecule has 0 aliphatic heterocycles. The first-order chi connectivity index (χ1) is 8.99. The molecule has 19 heavy (non-hydrogen) atoms. The zero-order chi connectivity index (χ0) is 13.9. The predicted molar refractivity (Wildman–Crippen MR) is 78.6 cm³/mol. The molecule has 102 valence electrons. The van der Waals surface area contributed by atoms with Crippen molar-refractivity contribution in [3.8, 4) is 0 Å². The van der Waals surface area contributed by atoms with Gasteiger partial charge in [-0.25, -0.2) is 0 Å². The van der Waals surface area contributed by atoms with Crippen molar-refractivity contribution in [3.63, 3.8) is 0 Å². The molecule has 0 aliphatic rings. The fourth-order valence-corrected chi connectivity index (χ4v) is 1.98. The molecule has 0 bridgehead atoms. The lowest BCUT2D eigenvalue weighted by Crippen LogP contribution is -2.10. The van der Waals surface area contributed by atoms with E-state index >= 15 is 0 Å². The monoisotopic (exact) mass is 258 g/mol. The van der Waals surface area contributed by atoms with Crippen LogP contribution in [0.3, 0.4) is 0 Å². The summed E-state index contributed by atoms with van der Waals surface area (Å²) in [5.41, 5.74) is 3.91. The van der Waals surface area contributed by atoms with E-state index < -0.39 is 0 Å². The molecule has 0 saturated carbocycles. The molecule has 0 spiro atoms. The van der Waals surface area contributed by atoms with Crippen LogP contribution in [0.5, 0.6) is 0 Å². The molecule has 0 aliphatic carbocycles. The molecule has 1 aromatic carbocycles. The van der Waals surface area contributed by atoms with Crippen LogP contribution in [-0.2, 0) is 18.3 Å². The fourth-order valence-electron chi connectivity index (χ4n) is 1.98. The molecule has 0 unspecified atom stereocenters.